The van der Waals surface area contributed by atoms with Gasteiger partial charge in [0.1, 0.15) is 6.04 Å². The minimum absolute atomic E-state index is 0.138. The molecule has 0 saturated carbocycles. The number of likely N-dealkylation sites (N-methyl/N-ethyl adjacent to an activating group) is 1. The van der Waals surface area contributed by atoms with Crippen molar-refractivity contribution in [1.82, 2.24) is 10.2 Å². The third-order valence-corrected chi connectivity index (χ3v) is 2.68. The van der Waals surface area contributed by atoms with Crippen LogP contribution in [0, 0.1) is 0 Å². The van der Waals surface area contributed by atoms with Gasteiger partial charge >= 0.3 is 5.97 Å². The Morgan fingerprint density at radius 2 is 2.31 bits per heavy atom. The Hall–Kier alpha value is -1.14. The molecule has 1 rings (SSSR count). The Morgan fingerprint density at radius 3 is 2.88 bits per heavy atom. The van der Waals surface area contributed by atoms with Gasteiger partial charge in [-0.3, -0.25) is 14.5 Å². The summed E-state index contributed by atoms with van der Waals surface area (Å²) in [6.07, 6.45) is 0. The normalized spacial score (nSPS) is 23.8. The summed E-state index contributed by atoms with van der Waals surface area (Å²) >= 11 is 0. The number of carbonyl (C=O) groups excluding carboxylic acids is 1. The lowest BCUT2D eigenvalue weighted by Gasteiger charge is -2.36. The van der Waals surface area contributed by atoms with Gasteiger partial charge in [0.05, 0.1) is 19.3 Å². The van der Waals surface area contributed by atoms with E-state index in [0.717, 1.165) is 0 Å². The highest BCUT2D eigenvalue weighted by atomic mass is 16.5. The maximum atomic E-state index is 11.6. The molecule has 0 bridgehead atoms. The molecule has 1 aliphatic heterocycles. The predicted molar refractivity (Wildman–Crippen MR) is 57.1 cm³/mol. The predicted octanol–water partition coefficient (Wildman–Crippen LogP) is -0.704. The molecule has 0 aromatic heterocycles. The van der Waals surface area contributed by atoms with Crippen LogP contribution in [0.1, 0.15) is 13.8 Å². The van der Waals surface area contributed by atoms with Crippen molar-refractivity contribution in [3.8, 4) is 0 Å². The molecule has 2 N–H and O–H groups in total. The van der Waals surface area contributed by atoms with Crippen molar-refractivity contribution in [3.63, 3.8) is 0 Å². The number of amides is 1. The van der Waals surface area contributed by atoms with E-state index in [-0.39, 0.29) is 12.5 Å². The second-order valence-corrected chi connectivity index (χ2v) is 3.74. The summed E-state index contributed by atoms with van der Waals surface area (Å²) in [4.78, 5) is 24.3. The Labute approximate surface area is 94.6 Å². The summed E-state index contributed by atoms with van der Waals surface area (Å²) in [5, 5.41) is 11.7. The van der Waals surface area contributed by atoms with Crippen molar-refractivity contribution >= 4 is 11.9 Å². The Bertz CT molecular complexity index is 270. The summed E-state index contributed by atoms with van der Waals surface area (Å²) < 4.78 is 5.11. The fraction of sp³-hybridized carbons (Fsp3) is 0.800. The van der Waals surface area contributed by atoms with Gasteiger partial charge in [-0.1, -0.05) is 0 Å². The van der Waals surface area contributed by atoms with E-state index in [1.165, 1.54) is 0 Å². The molecule has 1 saturated heterocycles. The largest absolute Gasteiger partial charge is 0.480 e. The molecule has 0 aliphatic carbocycles. The van der Waals surface area contributed by atoms with Crippen LogP contribution in [0.5, 0.6) is 0 Å². The van der Waals surface area contributed by atoms with Crippen LogP contribution in [-0.4, -0.2) is 60.3 Å². The highest BCUT2D eigenvalue weighted by molar-refractivity contribution is 5.82. The number of morpholine rings is 1. The molecular weight excluding hydrogens is 212 g/mol. The van der Waals surface area contributed by atoms with E-state index < -0.39 is 18.1 Å². The van der Waals surface area contributed by atoms with Crippen LogP contribution in [0.4, 0.5) is 0 Å². The van der Waals surface area contributed by atoms with Crippen LogP contribution >= 0.6 is 0 Å². The molecular formula is C10H18N2O4. The lowest BCUT2D eigenvalue weighted by molar-refractivity contribution is -0.153. The van der Waals surface area contributed by atoms with Gasteiger partial charge in [0.15, 0.2) is 0 Å². The first-order valence-electron chi connectivity index (χ1n) is 5.42. The van der Waals surface area contributed by atoms with Crippen LogP contribution < -0.4 is 5.32 Å². The van der Waals surface area contributed by atoms with Crippen molar-refractivity contribution < 1.29 is 19.4 Å². The lowest BCUT2D eigenvalue weighted by Crippen LogP contribution is -2.57. The molecule has 0 spiro atoms. The number of aliphatic carboxylic acids is 1. The van der Waals surface area contributed by atoms with E-state index in [2.05, 4.69) is 5.32 Å². The number of hydrogen-bond acceptors (Lipinski definition) is 4. The first-order chi connectivity index (χ1) is 7.57. The molecule has 6 heteroatoms. The van der Waals surface area contributed by atoms with Crippen LogP contribution in [0.25, 0.3) is 0 Å². The van der Waals surface area contributed by atoms with Crippen molar-refractivity contribution in [2.75, 3.05) is 26.3 Å². The first kappa shape index (κ1) is 12.9. The Kier molecular flexibility index (Phi) is 4.70. The molecule has 2 atom stereocenters. The van der Waals surface area contributed by atoms with E-state index in [4.69, 9.17) is 9.84 Å². The Balaban J connectivity index is 2.67. The molecule has 6 nitrogen and oxygen atoms in total. The molecule has 2 unspecified atom stereocenters. The molecule has 1 amide bonds. The summed E-state index contributed by atoms with van der Waals surface area (Å²) in [5.41, 5.74) is 0. The number of carboxylic acids is 1. The fourth-order valence-corrected chi connectivity index (χ4v) is 1.77. The van der Waals surface area contributed by atoms with Crippen molar-refractivity contribution in [2.24, 2.45) is 0 Å². The number of hydrogen-bond donors (Lipinski definition) is 2. The van der Waals surface area contributed by atoms with Crippen LogP contribution in [-0.2, 0) is 14.3 Å². The van der Waals surface area contributed by atoms with Gasteiger partial charge in [-0.2, -0.15) is 0 Å². The van der Waals surface area contributed by atoms with Gasteiger partial charge in [0.25, 0.3) is 0 Å². The van der Waals surface area contributed by atoms with Gasteiger partial charge < -0.3 is 15.2 Å². The van der Waals surface area contributed by atoms with Gasteiger partial charge in [-0.05, 0) is 13.8 Å². The quantitative estimate of drug-likeness (QED) is 0.667. The second-order valence-electron chi connectivity index (χ2n) is 3.74. The summed E-state index contributed by atoms with van der Waals surface area (Å²) in [6.45, 7) is 5.16. The molecule has 0 aromatic carbocycles. The van der Waals surface area contributed by atoms with Crippen LogP contribution in [0.15, 0.2) is 0 Å². The lowest BCUT2D eigenvalue weighted by atomic mass is 10.1. The standard InChI is InChI=1S/C10H18N2O4/c1-3-11-9(13)7(2)12-4-5-16-6-8(12)10(14)15/h7-8H,3-6H2,1-2H3,(H,11,13)(H,14,15). The molecule has 1 heterocycles. The number of rotatable bonds is 4. The monoisotopic (exact) mass is 230 g/mol. The average Bonchev–Trinajstić information content (AvgIpc) is 2.28. The summed E-state index contributed by atoms with van der Waals surface area (Å²) in [7, 11) is 0. The second kappa shape index (κ2) is 5.81. The van der Waals surface area contributed by atoms with E-state index in [0.29, 0.717) is 19.7 Å². The highest BCUT2D eigenvalue weighted by Crippen LogP contribution is 2.11. The number of carbonyl (C=O) groups is 2. The molecule has 0 radical (unpaired) electrons. The van der Waals surface area contributed by atoms with Crippen LogP contribution in [0.3, 0.4) is 0 Å². The zero-order valence-corrected chi connectivity index (χ0v) is 9.60. The number of ether oxygens (including phenoxy) is 1. The minimum Gasteiger partial charge on any atom is -0.480 e. The van der Waals surface area contributed by atoms with Crippen molar-refractivity contribution in [2.45, 2.75) is 25.9 Å². The molecule has 0 aromatic rings. The summed E-state index contributed by atoms with van der Waals surface area (Å²) in [6, 6.07) is -1.17. The van der Waals surface area contributed by atoms with E-state index >= 15 is 0 Å². The Morgan fingerprint density at radius 1 is 1.62 bits per heavy atom. The highest BCUT2D eigenvalue weighted by Gasteiger charge is 2.34. The first-order valence-corrected chi connectivity index (χ1v) is 5.42. The maximum Gasteiger partial charge on any atom is 0.323 e. The van der Waals surface area contributed by atoms with Gasteiger partial charge in [-0.25, -0.2) is 0 Å². The van der Waals surface area contributed by atoms with E-state index in [1.807, 2.05) is 6.92 Å². The third-order valence-electron chi connectivity index (χ3n) is 2.68. The van der Waals surface area contributed by atoms with Gasteiger partial charge in [0.2, 0.25) is 5.91 Å². The maximum absolute atomic E-state index is 11.6. The van der Waals surface area contributed by atoms with E-state index in [1.54, 1.807) is 11.8 Å². The number of carboxylic acid groups (broad SMARTS) is 1. The van der Waals surface area contributed by atoms with Gasteiger partial charge in [-0.15, -0.1) is 0 Å². The third kappa shape index (κ3) is 2.93. The fourth-order valence-electron chi connectivity index (χ4n) is 1.77. The van der Waals surface area contributed by atoms with Crippen molar-refractivity contribution in [3.05, 3.63) is 0 Å². The zero-order valence-electron chi connectivity index (χ0n) is 9.60. The average molecular weight is 230 g/mol. The molecule has 16 heavy (non-hydrogen) atoms. The molecule has 1 aliphatic rings. The van der Waals surface area contributed by atoms with Gasteiger partial charge in [0, 0.05) is 13.1 Å². The van der Waals surface area contributed by atoms with Crippen LogP contribution in [0.2, 0.25) is 0 Å². The van der Waals surface area contributed by atoms with E-state index in [9.17, 15) is 9.59 Å². The number of nitrogens with one attached hydrogen (secondary N) is 1. The molecule has 1 fully saturated rings. The summed E-state index contributed by atoms with van der Waals surface area (Å²) in [5.74, 6) is -1.09. The van der Waals surface area contributed by atoms with Crippen molar-refractivity contribution in [1.29, 1.82) is 0 Å². The molecule has 92 valence electrons. The minimum atomic E-state index is -0.948. The topological polar surface area (TPSA) is 78.9 Å². The smallest absolute Gasteiger partial charge is 0.323 e. The number of nitrogens with zero attached hydrogens (tertiary/aromatic N) is 1. The zero-order chi connectivity index (χ0) is 12.1. The SMILES string of the molecule is CCNC(=O)C(C)N1CCOCC1C(=O)O.